The van der Waals surface area contributed by atoms with Crippen LogP contribution in [-0.4, -0.2) is 5.91 Å². The van der Waals surface area contributed by atoms with Crippen LogP contribution in [0.25, 0.3) is 0 Å². The van der Waals surface area contributed by atoms with Crippen LogP contribution in [0, 0.1) is 18.6 Å². The molecule has 0 spiro atoms. The second-order valence-corrected chi connectivity index (χ2v) is 4.68. The van der Waals surface area contributed by atoms with Crippen molar-refractivity contribution < 1.29 is 13.6 Å². The summed E-state index contributed by atoms with van der Waals surface area (Å²) in [6, 6.07) is 10.1. The van der Waals surface area contributed by atoms with Crippen LogP contribution in [0.3, 0.4) is 0 Å². The zero-order valence-electron chi connectivity index (χ0n) is 11.3. The van der Waals surface area contributed by atoms with E-state index in [9.17, 15) is 13.6 Å². The predicted octanol–water partition coefficient (Wildman–Crippen LogP) is 3.76. The number of amides is 1. The molecule has 0 heterocycles. The molecule has 4 heteroatoms. The molecule has 2 aromatic carbocycles. The third-order valence-corrected chi connectivity index (χ3v) is 3.16. The van der Waals surface area contributed by atoms with Crippen LogP contribution in [0.1, 0.15) is 34.5 Å². The highest BCUT2D eigenvalue weighted by molar-refractivity contribution is 5.94. The monoisotopic (exact) mass is 275 g/mol. The Morgan fingerprint density at radius 1 is 1.10 bits per heavy atom. The standard InChI is InChI=1S/C16H15F2NO/c1-10-7-8-12(9-15(10)18)11(2)19-16(20)13-5-3-4-6-14(13)17/h3-9,11H,1-2H3,(H,19,20). The van der Waals surface area contributed by atoms with Crippen LogP contribution in [0.2, 0.25) is 0 Å². The molecule has 1 N–H and O–H groups in total. The second-order valence-electron chi connectivity index (χ2n) is 4.68. The summed E-state index contributed by atoms with van der Waals surface area (Å²) in [6.45, 7) is 3.39. The molecule has 1 amide bonds. The molecule has 2 aromatic rings. The van der Waals surface area contributed by atoms with Crippen LogP contribution in [0.4, 0.5) is 8.78 Å². The molecule has 0 saturated carbocycles. The van der Waals surface area contributed by atoms with Crippen LogP contribution >= 0.6 is 0 Å². The lowest BCUT2D eigenvalue weighted by Gasteiger charge is -2.15. The van der Waals surface area contributed by atoms with Gasteiger partial charge in [0.2, 0.25) is 0 Å². The van der Waals surface area contributed by atoms with E-state index in [0.29, 0.717) is 11.1 Å². The number of hydrogen-bond donors (Lipinski definition) is 1. The Balaban J connectivity index is 2.15. The van der Waals surface area contributed by atoms with Crippen molar-refractivity contribution in [2.24, 2.45) is 0 Å². The van der Waals surface area contributed by atoms with E-state index in [1.807, 2.05) is 0 Å². The molecule has 104 valence electrons. The van der Waals surface area contributed by atoms with Crippen molar-refractivity contribution in [2.75, 3.05) is 0 Å². The molecule has 0 bridgehead atoms. The summed E-state index contributed by atoms with van der Waals surface area (Å²) in [7, 11) is 0. The molecular formula is C16H15F2NO. The minimum Gasteiger partial charge on any atom is -0.345 e. The minimum atomic E-state index is -0.577. The SMILES string of the molecule is Cc1ccc(C(C)NC(=O)c2ccccc2F)cc1F. The van der Waals surface area contributed by atoms with Crippen LogP contribution in [0.5, 0.6) is 0 Å². The van der Waals surface area contributed by atoms with Gasteiger partial charge in [-0.1, -0.05) is 24.3 Å². The van der Waals surface area contributed by atoms with E-state index in [1.54, 1.807) is 32.0 Å². The first-order valence-electron chi connectivity index (χ1n) is 6.30. The van der Waals surface area contributed by atoms with Gasteiger partial charge >= 0.3 is 0 Å². The van der Waals surface area contributed by atoms with Crippen LogP contribution in [-0.2, 0) is 0 Å². The second kappa shape index (κ2) is 5.82. The number of halogens is 2. The maximum Gasteiger partial charge on any atom is 0.254 e. The van der Waals surface area contributed by atoms with Gasteiger partial charge in [-0.15, -0.1) is 0 Å². The Kier molecular flexibility index (Phi) is 4.13. The molecule has 0 saturated heterocycles. The average Bonchev–Trinajstić information content (AvgIpc) is 2.42. The van der Waals surface area contributed by atoms with Crippen LogP contribution in [0.15, 0.2) is 42.5 Å². The summed E-state index contributed by atoms with van der Waals surface area (Å²) >= 11 is 0. The van der Waals surface area contributed by atoms with Crippen molar-refractivity contribution in [3.8, 4) is 0 Å². The lowest BCUT2D eigenvalue weighted by Crippen LogP contribution is -2.27. The first-order chi connectivity index (χ1) is 9.49. The smallest absolute Gasteiger partial charge is 0.254 e. The Hall–Kier alpha value is -2.23. The lowest BCUT2D eigenvalue weighted by molar-refractivity contribution is 0.0935. The summed E-state index contributed by atoms with van der Waals surface area (Å²) in [6.07, 6.45) is 0. The highest BCUT2D eigenvalue weighted by Gasteiger charge is 2.15. The normalized spacial score (nSPS) is 12.0. The van der Waals surface area contributed by atoms with Crippen molar-refractivity contribution in [3.05, 3.63) is 70.8 Å². The van der Waals surface area contributed by atoms with Gasteiger partial charge in [0, 0.05) is 0 Å². The number of carbonyl (C=O) groups excluding carboxylic acids is 1. The first kappa shape index (κ1) is 14.2. The quantitative estimate of drug-likeness (QED) is 0.907. The molecule has 0 aliphatic carbocycles. The minimum absolute atomic E-state index is 0.0214. The van der Waals surface area contributed by atoms with Crippen molar-refractivity contribution >= 4 is 5.91 Å². The van der Waals surface area contributed by atoms with Crippen molar-refractivity contribution in [1.82, 2.24) is 5.32 Å². The molecule has 1 unspecified atom stereocenters. The molecule has 2 rings (SSSR count). The molecule has 2 nitrogen and oxygen atoms in total. The average molecular weight is 275 g/mol. The maximum absolute atomic E-state index is 13.5. The molecule has 0 aromatic heterocycles. The van der Waals surface area contributed by atoms with E-state index in [-0.39, 0.29) is 11.4 Å². The van der Waals surface area contributed by atoms with Crippen molar-refractivity contribution in [2.45, 2.75) is 19.9 Å². The Morgan fingerprint density at radius 2 is 1.80 bits per heavy atom. The number of nitrogens with one attached hydrogen (secondary N) is 1. The van der Waals surface area contributed by atoms with Gasteiger partial charge in [0.25, 0.3) is 5.91 Å². The molecule has 0 aliphatic heterocycles. The molecule has 1 atom stereocenters. The van der Waals surface area contributed by atoms with Gasteiger partial charge in [0.1, 0.15) is 11.6 Å². The van der Waals surface area contributed by atoms with E-state index in [0.717, 1.165) is 0 Å². The lowest BCUT2D eigenvalue weighted by atomic mass is 10.1. The number of carbonyl (C=O) groups is 1. The van der Waals surface area contributed by atoms with Gasteiger partial charge in [0.05, 0.1) is 11.6 Å². The highest BCUT2D eigenvalue weighted by Crippen LogP contribution is 2.17. The summed E-state index contributed by atoms with van der Waals surface area (Å²) in [5.74, 6) is -1.42. The van der Waals surface area contributed by atoms with Crippen molar-refractivity contribution in [3.63, 3.8) is 0 Å². The van der Waals surface area contributed by atoms with Gasteiger partial charge in [0.15, 0.2) is 0 Å². The third kappa shape index (κ3) is 3.02. The predicted molar refractivity (Wildman–Crippen MR) is 73.4 cm³/mol. The van der Waals surface area contributed by atoms with E-state index in [2.05, 4.69) is 5.32 Å². The van der Waals surface area contributed by atoms with Gasteiger partial charge in [-0.05, 0) is 43.2 Å². The fourth-order valence-corrected chi connectivity index (χ4v) is 1.88. The molecule has 20 heavy (non-hydrogen) atoms. The summed E-state index contributed by atoms with van der Waals surface area (Å²) in [5.41, 5.74) is 1.16. The number of benzene rings is 2. The van der Waals surface area contributed by atoms with E-state index in [4.69, 9.17) is 0 Å². The Labute approximate surface area is 116 Å². The zero-order chi connectivity index (χ0) is 14.7. The fraction of sp³-hybridized carbons (Fsp3) is 0.188. The van der Waals surface area contributed by atoms with Crippen LogP contribution < -0.4 is 5.32 Å². The van der Waals surface area contributed by atoms with E-state index in [1.165, 1.54) is 24.3 Å². The number of aryl methyl sites for hydroxylation is 1. The summed E-state index contributed by atoms with van der Waals surface area (Å²) < 4.78 is 27.0. The largest absolute Gasteiger partial charge is 0.345 e. The first-order valence-corrected chi connectivity index (χ1v) is 6.30. The Morgan fingerprint density at radius 3 is 2.45 bits per heavy atom. The topological polar surface area (TPSA) is 29.1 Å². The molecular weight excluding hydrogens is 260 g/mol. The van der Waals surface area contributed by atoms with Gasteiger partial charge < -0.3 is 5.32 Å². The molecule has 0 aliphatic rings. The van der Waals surface area contributed by atoms with E-state index >= 15 is 0 Å². The van der Waals surface area contributed by atoms with E-state index < -0.39 is 17.8 Å². The zero-order valence-corrected chi connectivity index (χ0v) is 11.3. The fourth-order valence-electron chi connectivity index (χ4n) is 1.88. The number of rotatable bonds is 3. The highest BCUT2D eigenvalue weighted by atomic mass is 19.1. The van der Waals surface area contributed by atoms with Gasteiger partial charge in [-0.3, -0.25) is 4.79 Å². The molecule has 0 radical (unpaired) electrons. The Bertz CT molecular complexity index is 640. The molecule has 0 fully saturated rings. The van der Waals surface area contributed by atoms with Crippen molar-refractivity contribution in [1.29, 1.82) is 0 Å². The maximum atomic E-state index is 13.5. The van der Waals surface area contributed by atoms with Gasteiger partial charge in [-0.25, -0.2) is 8.78 Å². The summed E-state index contributed by atoms with van der Waals surface area (Å²) in [5, 5.41) is 2.65. The summed E-state index contributed by atoms with van der Waals surface area (Å²) in [4.78, 5) is 12.0. The third-order valence-electron chi connectivity index (χ3n) is 3.16. The van der Waals surface area contributed by atoms with Gasteiger partial charge in [-0.2, -0.15) is 0 Å². The number of hydrogen-bond acceptors (Lipinski definition) is 1.